The van der Waals surface area contributed by atoms with Crippen molar-refractivity contribution >= 4 is 0 Å². The zero-order valence-electron chi connectivity index (χ0n) is 13.7. The summed E-state index contributed by atoms with van der Waals surface area (Å²) >= 11 is 0. The van der Waals surface area contributed by atoms with Crippen molar-refractivity contribution in [3.05, 3.63) is 103 Å². The third-order valence-electron chi connectivity index (χ3n) is 4.37. The van der Waals surface area contributed by atoms with Gasteiger partial charge in [-0.15, -0.1) is 0 Å². The normalized spacial score (nSPS) is 10.6. The van der Waals surface area contributed by atoms with Crippen LogP contribution in [-0.2, 0) is 0 Å². The Bertz CT molecular complexity index is 914. The van der Waals surface area contributed by atoms with E-state index in [1.165, 1.54) is 0 Å². The van der Waals surface area contributed by atoms with Gasteiger partial charge in [0.25, 0.3) is 0 Å². The van der Waals surface area contributed by atoms with Crippen LogP contribution in [0.2, 0.25) is 0 Å². The molecule has 0 fully saturated rings. The van der Waals surface area contributed by atoms with Gasteiger partial charge in [-0.3, -0.25) is 0 Å². The smallest absolute Gasteiger partial charge is 0.0172 e. The number of rotatable bonds is 3. The molecule has 0 saturated carbocycles. The Labute approximate surface area is 147 Å². The van der Waals surface area contributed by atoms with E-state index in [1.807, 2.05) is 91.0 Å². The third kappa shape index (κ3) is 3.05. The first-order chi connectivity index (χ1) is 12.3. The van der Waals surface area contributed by atoms with Crippen molar-refractivity contribution in [3.63, 3.8) is 0 Å². The Morgan fingerprint density at radius 3 is 1.16 bits per heavy atom. The second-order valence-corrected chi connectivity index (χ2v) is 6.00. The average Bonchev–Trinajstić information content (AvgIpc) is 2.70. The molecule has 0 spiro atoms. The van der Waals surface area contributed by atoms with E-state index in [1.54, 1.807) is 0 Å². The molecule has 0 aliphatic carbocycles. The molecule has 0 aliphatic heterocycles. The molecule has 0 heterocycles. The van der Waals surface area contributed by atoms with Crippen molar-refractivity contribution in [2.75, 3.05) is 0 Å². The lowest BCUT2D eigenvalue weighted by Crippen LogP contribution is -1.98. The monoisotopic (exact) mass is 321 g/mol. The van der Waals surface area contributed by atoms with Crippen LogP contribution in [0.1, 0.15) is 0 Å². The van der Waals surface area contributed by atoms with Crippen molar-refractivity contribution in [2.24, 2.45) is 0 Å². The first kappa shape index (κ1) is 15.2. The first-order valence-electron chi connectivity index (χ1n) is 8.34. The summed E-state index contributed by atoms with van der Waals surface area (Å²) < 4.78 is 0. The van der Waals surface area contributed by atoms with Gasteiger partial charge < -0.3 is 5.11 Å². The van der Waals surface area contributed by atoms with E-state index in [9.17, 15) is 5.11 Å². The van der Waals surface area contributed by atoms with Gasteiger partial charge in [-0.05, 0) is 45.5 Å². The summed E-state index contributed by atoms with van der Waals surface area (Å²) in [5.41, 5.74) is 5.53. The molecule has 0 atom stereocenters. The highest BCUT2D eigenvalue weighted by Crippen LogP contribution is 2.40. The number of hydrogen-bond acceptors (Lipinski definition) is 1. The molecule has 0 radical (unpaired) electrons. The Balaban J connectivity index is 1.98. The van der Waals surface area contributed by atoms with E-state index in [4.69, 9.17) is 0 Å². The van der Waals surface area contributed by atoms with Gasteiger partial charge in [-0.2, -0.15) is 0 Å². The van der Waals surface area contributed by atoms with Crippen LogP contribution < -0.4 is 5.11 Å². The van der Waals surface area contributed by atoms with Gasteiger partial charge in [0.15, 0.2) is 0 Å². The number of benzene rings is 4. The summed E-state index contributed by atoms with van der Waals surface area (Å²) in [4.78, 5) is 0. The maximum atomic E-state index is 13.2. The minimum absolute atomic E-state index is 0.0667. The minimum atomic E-state index is 0.0667. The molecule has 4 rings (SSSR count). The summed E-state index contributed by atoms with van der Waals surface area (Å²) in [6, 6.07) is 33.9. The molecule has 0 aromatic heterocycles. The molecule has 1 heteroatoms. The summed E-state index contributed by atoms with van der Waals surface area (Å²) in [7, 11) is 0. The molecule has 4 aromatic carbocycles. The van der Waals surface area contributed by atoms with Crippen molar-refractivity contribution in [1.29, 1.82) is 0 Å². The Kier molecular flexibility index (Phi) is 4.05. The SMILES string of the molecule is [O-]c1c(-c2ccccc2)cc(-c2ccccc2)cc1-c1ccccc1. The highest BCUT2D eigenvalue weighted by atomic mass is 16.3. The van der Waals surface area contributed by atoms with Crippen LogP contribution in [0, 0.1) is 0 Å². The highest BCUT2D eigenvalue weighted by molar-refractivity contribution is 5.87. The van der Waals surface area contributed by atoms with Crippen LogP contribution >= 0.6 is 0 Å². The molecule has 1 nitrogen and oxygen atoms in total. The molecular weight excluding hydrogens is 304 g/mol. The van der Waals surface area contributed by atoms with Crippen LogP contribution in [0.3, 0.4) is 0 Å². The third-order valence-corrected chi connectivity index (χ3v) is 4.37. The van der Waals surface area contributed by atoms with Crippen molar-refractivity contribution in [1.82, 2.24) is 0 Å². The van der Waals surface area contributed by atoms with Crippen molar-refractivity contribution in [2.45, 2.75) is 0 Å². The van der Waals surface area contributed by atoms with Gasteiger partial charge in [0.2, 0.25) is 0 Å². The van der Waals surface area contributed by atoms with E-state index in [0.717, 1.165) is 33.4 Å². The van der Waals surface area contributed by atoms with Gasteiger partial charge in [-0.25, -0.2) is 0 Å². The predicted molar refractivity (Wildman–Crippen MR) is 102 cm³/mol. The van der Waals surface area contributed by atoms with Crippen molar-refractivity contribution in [3.8, 4) is 39.1 Å². The summed E-state index contributed by atoms with van der Waals surface area (Å²) in [6.07, 6.45) is 0. The van der Waals surface area contributed by atoms with Crippen LogP contribution in [0.4, 0.5) is 0 Å². The quantitative estimate of drug-likeness (QED) is 0.470. The van der Waals surface area contributed by atoms with E-state index in [0.29, 0.717) is 0 Å². The van der Waals surface area contributed by atoms with Crippen LogP contribution in [-0.4, -0.2) is 0 Å². The fourth-order valence-corrected chi connectivity index (χ4v) is 3.09. The summed E-state index contributed by atoms with van der Waals surface area (Å²) in [5.74, 6) is 0.0667. The van der Waals surface area contributed by atoms with Gasteiger partial charge in [0, 0.05) is 0 Å². The lowest BCUT2D eigenvalue weighted by molar-refractivity contribution is -0.266. The molecule has 0 aliphatic rings. The molecule has 4 aromatic rings. The maximum Gasteiger partial charge on any atom is -0.0172 e. The molecule has 25 heavy (non-hydrogen) atoms. The van der Waals surface area contributed by atoms with Crippen LogP contribution in [0.25, 0.3) is 33.4 Å². The Morgan fingerprint density at radius 1 is 0.400 bits per heavy atom. The predicted octanol–water partition coefficient (Wildman–Crippen LogP) is 5.76. The van der Waals surface area contributed by atoms with E-state index < -0.39 is 0 Å². The molecule has 0 amide bonds. The average molecular weight is 321 g/mol. The fourth-order valence-electron chi connectivity index (χ4n) is 3.09. The first-order valence-corrected chi connectivity index (χ1v) is 8.34. The molecule has 0 unspecified atom stereocenters. The maximum absolute atomic E-state index is 13.2. The molecular formula is C24H17O-. The standard InChI is InChI=1S/C24H18O/c25-24-22(19-12-6-2-7-13-19)16-21(18-10-4-1-5-11-18)17-23(24)20-14-8-3-9-15-20/h1-17,25H/p-1. The van der Waals surface area contributed by atoms with E-state index in [-0.39, 0.29) is 5.75 Å². The second-order valence-electron chi connectivity index (χ2n) is 6.00. The lowest BCUT2D eigenvalue weighted by Gasteiger charge is -2.21. The van der Waals surface area contributed by atoms with E-state index in [2.05, 4.69) is 12.1 Å². The molecule has 120 valence electrons. The molecule has 0 bridgehead atoms. The van der Waals surface area contributed by atoms with Crippen LogP contribution in [0.15, 0.2) is 103 Å². The highest BCUT2D eigenvalue weighted by Gasteiger charge is 2.09. The topological polar surface area (TPSA) is 23.1 Å². The van der Waals surface area contributed by atoms with E-state index >= 15 is 0 Å². The fraction of sp³-hybridized carbons (Fsp3) is 0. The number of hydrogen-bond donors (Lipinski definition) is 0. The second kappa shape index (κ2) is 6.66. The summed E-state index contributed by atoms with van der Waals surface area (Å²) in [6.45, 7) is 0. The van der Waals surface area contributed by atoms with Crippen LogP contribution in [0.5, 0.6) is 5.75 Å². The van der Waals surface area contributed by atoms with Gasteiger partial charge >= 0.3 is 0 Å². The van der Waals surface area contributed by atoms with Gasteiger partial charge in [0.1, 0.15) is 0 Å². The zero-order valence-corrected chi connectivity index (χ0v) is 13.7. The summed E-state index contributed by atoms with van der Waals surface area (Å²) in [5, 5.41) is 13.2. The largest absolute Gasteiger partial charge is 0.872 e. The van der Waals surface area contributed by atoms with Gasteiger partial charge in [-0.1, -0.05) is 96.7 Å². The van der Waals surface area contributed by atoms with Gasteiger partial charge in [0.05, 0.1) is 0 Å². The molecule has 0 saturated heterocycles. The zero-order chi connectivity index (χ0) is 17.1. The van der Waals surface area contributed by atoms with Crippen molar-refractivity contribution < 1.29 is 5.11 Å². The Hall–Kier alpha value is -3.32. The minimum Gasteiger partial charge on any atom is -0.872 e. The Morgan fingerprint density at radius 2 is 0.760 bits per heavy atom. The lowest BCUT2D eigenvalue weighted by atomic mass is 9.92. The molecule has 0 N–H and O–H groups in total.